The van der Waals surface area contributed by atoms with Crippen LogP contribution in [0, 0.1) is 5.92 Å². The predicted molar refractivity (Wildman–Crippen MR) is 72.2 cm³/mol. The summed E-state index contributed by atoms with van der Waals surface area (Å²) in [6.45, 7) is 4.03. The Kier molecular flexibility index (Phi) is 4.02. The van der Waals surface area contributed by atoms with E-state index in [-0.39, 0.29) is 0 Å². The highest BCUT2D eigenvalue weighted by atomic mass is 15.2. The fraction of sp³-hybridized carbons (Fsp3) is 1.00. The SMILES string of the molecule is C1CCC(CNC2CCN3CCCC3C2)CC1. The Bertz CT molecular complexity index is 235. The first kappa shape index (κ1) is 12.0. The van der Waals surface area contributed by atoms with Crippen LogP contribution in [-0.4, -0.2) is 36.6 Å². The molecule has 17 heavy (non-hydrogen) atoms. The average Bonchev–Trinajstić information content (AvgIpc) is 2.85. The summed E-state index contributed by atoms with van der Waals surface area (Å²) >= 11 is 0. The summed E-state index contributed by atoms with van der Waals surface area (Å²) in [6, 6.07) is 1.75. The van der Waals surface area contributed by atoms with E-state index in [0.29, 0.717) is 0 Å². The molecule has 1 aliphatic carbocycles. The molecule has 0 aromatic rings. The molecule has 2 atom stereocenters. The van der Waals surface area contributed by atoms with E-state index < -0.39 is 0 Å². The Morgan fingerprint density at radius 3 is 2.65 bits per heavy atom. The summed E-state index contributed by atoms with van der Waals surface area (Å²) in [5.41, 5.74) is 0. The van der Waals surface area contributed by atoms with Gasteiger partial charge in [-0.3, -0.25) is 0 Å². The van der Waals surface area contributed by atoms with Gasteiger partial charge in [-0.2, -0.15) is 0 Å². The summed E-state index contributed by atoms with van der Waals surface area (Å²) < 4.78 is 0. The summed E-state index contributed by atoms with van der Waals surface area (Å²) in [6.07, 6.45) is 13.1. The lowest BCUT2D eigenvalue weighted by Crippen LogP contribution is -2.46. The van der Waals surface area contributed by atoms with Crippen molar-refractivity contribution in [1.82, 2.24) is 10.2 Å². The molecule has 2 aliphatic heterocycles. The minimum atomic E-state index is 0.830. The fourth-order valence-corrected chi connectivity index (χ4v) is 4.13. The van der Waals surface area contributed by atoms with Crippen molar-refractivity contribution in [2.24, 2.45) is 5.92 Å². The summed E-state index contributed by atoms with van der Waals surface area (Å²) in [4.78, 5) is 2.72. The van der Waals surface area contributed by atoms with Crippen LogP contribution in [0.4, 0.5) is 0 Å². The van der Waals surface area contributed by atoms with E-state index >= 15 is 0 Å². The molecule has 0 radical (unpaired) electrons. The van der Waals surface area contributed by atoms with Gasteiger partial charge in [0.2, 0.25) is 0 Å². The van der Waals surface area contributed by atoms with Crippen LogP contribution >= 0.6 is 0 Å². The lowest BCUT2D eigenvalue weighted by atomic mass is 9.88. The zero-order valence-corrected chi connectivity index (χ0v) is 11.2. The van der Waals surface area contributed by atoms with Gasteiger partial charge in [0.25, 0.3) is 0 Å². The summed E-state index contributed by atoms with van der Waals surface area (Å²) in [5.74, 6) is 0.991. The molecule has 0 aromatic carbocycles. The Hall–Kier alpha value is -0.0800. The number of nitrogens with zero attached hydrogens (tertiary/aromatic N) is 1. The third-order valence-corrected chi connectivity index (χ3v) is 5.24. The maximum absolute atomic E-state index is 3.88. The molecule has 3 rings (SSSR count). The number of nitrogens with one attached hydrogen (secondary N) is 1. The molecule has 2 heterocycles. The van der Waals surface area contributed by atoms with Crippen molar-refractivity contribution < 1.29 is 0 Å². The summed E-state index contributed by atoms with van der Waals surface area (Å²) in [7, 11) is 0. The molecule has 98 valence electrons. The molecule has 2 saturated heterocycles. The lowest BCUT2D eigenvalue weighted by molar-refractivity contribution is 0.162. The van der Waals surface area contributed by atoms with E-state index in [0.717, 1.165) is 18.0 Å². The van der Waals surface area contributed by atoms with Gasteiger partial charge < -0.3 is 10.2 Å². The Labute approximate surface area is 106 Å². The molecule has 3 aliphatic rings. The highest BCUT2D eigenvalue weighted by Gasteiger charge is 2.31. The van der Waals surface area contributed by atoms with Gasteiger partial charge >= 0.3 is 0 Å². The first-order valence-electron chi connectivity index (χ1n) is 7.89. The molecule has 0 bridgehead atoms. The first-order chi connectivity index (χ1) is 8.42. The minimum absolute atomic E-state index is 0.830. The van der Waals surface area contributed by atoms with Gasteiger partial charge in [-0.15, -0.1) is 0 Å². The monoisotopic (exact) mass is 236 g/mol. The maximum Gasteiger partial charge on any atom is 0.0111 e. The largest absolute Gasteiger partial charge is 0.314 e. The average molecular weight is 236 g/mol. The highest BCUT2D eigenvalue weighted by Crippen LogP contribution is 2.28. The second-order valence-electron chi connectivity index (χ2n) is 6.47. The zero-order valence-electron chi connectivity index (χ0n) is 11.2. The van der Waals surface area contributed by atoms with Crippen LogP contribution in [0.3, 0.4) is 0 Å². The smallest absolute Gasteiger partial charge is 0.0111 e. The molecule has 2 nitrogen and oxygen atoms in total. The van der Waals surface area contributed by atoms with Gasteiger partial charge in [-0.1, -0.05) is 19.3 Å². The van der Waals surface area contributed by atoms with Crippen LogP contribution in [0.1, 0.15) is 57.8 Å². The zero-order chi connectivity index (χ0) is 11.5. The molecule has 1 saturated carbocycles. The quantitative estimate of drug-likeness (QED) is 0.810. The van der Waals surface area contributed by atoms with Gasteiger partial charge in [0.15, 0.2) is 0 Å². The number of hydrogen-bond acceptors (Lipinski definition) is 2. The Balaban J connectivity index is 1.40. The van der Waals surface area contributed by atoms with Crippen LogP contribution in [0.5, 0.6) is 0 Å². The van der Waals surface area contributed by atoms with E-state index in [9.17, 15) is 0 Å². The van der Waals surface area contributed by atoms with Crippen LogP contribution in [0.2, 0.25) is 0 Å². The molecule has 2 unspecified atom stereocenters. The molecule has 1 N–H and O–H groups in total. The first-order valence-corrected chi connectivity index (χ1v) is 7.89. The van der Waals surface area contributed by atoms with Gasteiger partial charge in [-0.05, 0) is 64.1 Å². The Morgan fingerprint density at radius 1 is 0.882 bits per heavy atom. The van der Waals surface area contributed by atoms with Crippen molar-refractivity contribution in [3.8, 4) is 0 Å². The van der Waals surface area contributed by atoms with E-state index in [1.807, 2.05) is 0 Å². The fourth-order valence-electron chi connectivity index (χ4n) is 4.13. The predicted octanol–water partition coefficient (Wildman–Crippen LogP) is 2.78. The van der Waals surface area contributed by atoms with Crippen molar-refractivity contribution >= 4 is 0 Å². The van der Waals surface area contributed by atoms with E-state index in [1.54, 1.807) is 0 Å². The van der Waals surface area contributed by atoms with Gasteiger partial charge in [0, 0.05) is 12.1 Å². The van der Waals surface area contributed by atoms with E-state index in [2.05, 4.69) is 10.2 Å². The lowest BCUT2D eigenvalue weighted by Gasteiger charge is -2.36. The standard InChI is InChI=1S/C15H28N2/c1-2-5-13(6-3-1)12-16-14-8-10-17-9-4-7-15(17)11-14/h13-16H,1-12H2. The van der Waals surface area contributed by atoms with Crippen molar-refractivity contribution in [3.63, 3.8) is 0 Å². The van der Waals surface area contributed by atoms with Gasteiger partial charge in [0.05, 0.1) is 0 Å². The molecule has 2 heteroatoms. The second-order valence-corrected chi connectivity index (χ2v) is 6.47. The third kappa shape index (κ3) is 3.03. The normalized spacial score (nSPS) is 36.0. The number of piperidine rings is 1. The number of fused-ring (bicyclic) bond motifs is 1. The molecular weight excluding hydrogens is 208 g/mol. The van der Waals surface area contributed by atoms with Crippen LogP contribution in [-0.2, 0) is 0 Å². The molecule has 3 fully saturated rings. The van der Waals surface area contributed by atoms with Crippen molar-refractivity contribution in [2.75, 3.05) is 19.6 Å². The van der Waals surface area contributed by atoms with Gasteiger partial charge in [0.1, 0.15) is 0 Å². The van der Waals surface area contributed by atoms with Crippen molar-refractivity contribution in [1.29, 1.82) is 0 Å². The van der Waals surface area contributed by atoms with Crippen LogP contribution < -0.4 is 5.32 Å². The Morgan fingerprint density at radius 2 is 1.76 bits per heavy atom. The molecule has 0 aromatic heterocycles. The second kappa shape index (κ2) is 5.71. The minimum Gasteiger partial charge on any atom is -0.314 e. The van der Waals surface area contributed by atoms with E-state index in [4.69, 9.17) is 0 Å². The van der Waals surface area contributed by atoms with Crippen molar-refractivity contribution in [3.05, 3.63) is 0 Å². The number of rotatable bonds is 3. The summed E-state index contributed by atoms with van der Waals surface area (Å²) in [5, 5.41) is 3.88. The van der Waals surface area contributed by atoms with Crippen molar-refractivity contribution in [2.45, 2.75) is 69.9 Å². The molecular formula is C15H28N2. The third-order valence-electron chi connectivity index (χ3n) is 5.24. The van der Waals surface area contributed by atoms with Gasteiger partial charge in [-0.25, -0.2) is 0 Å². The van der Waals surface area contributed by atoms with Crippen LogP contribution in [0.25, 0.3) is 0 Å². The van der Waals surface area contributed by atoms with Crippen LogP contribution in [0.15, 0.2) is 0 Å². The molecule has 0 amide bonds. The molecule has 0 spiro atoms. The van der Waals surface area contributed by atoms with E-state index in [1.165, 1.54) is 77.4 Å². The highest BCUT2D eigenvalue weighted by molar-refractivity contribution is 4.89. The number of hydrogen-bond donors (Lipinski definition) is 1. The topological polar surface area (TPSA) is 15.3 Å². The maximum atomic E-state index is 3.88.